The minimum Gasteiger partial charge on any atom is -0.356 e. The molecule has 0 aromatic carbocycles. The van der Waals surface area contributed by atoms with Crippen LogP contribution in [0, 0.1) is 5.92 Å². The first-order valence-corrected chi connectivity index (χ1v) is 9.23. The summed E-state index contributed by atoms with van der Waals surface area (Å²) >= 11 is 0. The molecule has 126 valence electrons. The van der Waals surface area contributed by atoms with Crippen molar-refractivity contribution < 1.29 is 13.2 Å². The topological polar surface area (TPSA) is 118 Å². The molecular weight excluding hydrogens is 330 g/mol. The van der Waals surface area contributed by atoms with E-state index in [1.165, 1.54) is 5.41 Å². The van der Waals surface area contributed by atoms with E-state index in [1.807, 2.05) is 12.1 Å². The lowest BCUT2D eigenvalue weighted by atomic mass is 10.1. The van der Waals surface area contributed by atoms with E-state index in [4.69, 9.17) is 0 Å². The molecule has 0 bridgehead atoms. The molecule has 3 heterocycles. The van der Waals surface area contributed by atoms with Crippen molar-refractivity contribution in [3.05, 3.63) is 41.8 Å². The molecule has 1 aliphatic heterocycles. The number of amides is 1. The molecule has 8 nitrogen and oxygen atoms in total. The third-order valence-corrected chi connectivity index (χ3v) is 5.05. The van der Waals surface area contributed by atoms with Gasteiger partial charge in [-0.2, -0.15) is 5.10 Å². The smallest absolute Gasteiger partial charge is 0.220 e. The summed E-state index contributed by atoms with van der Waals surface area (Å²) in [4.78, 5) is 20.2. The third kappa shape index (κ3) is 4.25. The summed E-state index contributed by atoms with van der Waals surface area (Å²) in [5, 5.41) is 10.9. The number of rotatable bonds is 6. The van der Waals surface area contributed by atoms with Gasteiger partial charge in [0.05, 0.1) is 5.75 Å². The number of sulfone groups is 1. The van der Waals surface area contributed by atoms with Gasteiger partial charge in [0.25, 0.3) is 0 Å². The van der Waals surface area contributed by atoms with E-state index in [-0.39, 0.29) is 24.0 Å². The largest absolute Gasteiger partial charge is 0.356 e. The fourth-order valence-electron chi connectivity index (χ4n) is 2.43. The first-order valence-electron chi connectivity index (χ1n) is 7.51. The summed E-state index contributed by atoms with van der Waals surface area (Å²) in [5.41, 5.74) is 0.818. The highest BCUT2D eigenvalue weighted by molar-refractivity contribution is 7.94. The van der Waals surface area contributed by atoms with Crippen molar-refractivity contribution >= 4 is 15.7 Å². The van der Waals surface area contributed by atoms with Crippen LogP contribution in [0.25, 0.3) is 11.4 Å². The van der Waals surface area contributed by atoms with E-state index < -0.39 is 9.84 Å². The predicted molar refractivity (Wildman–Crippen MR) is 87.4 cm³/mol. The molecule has 1 aliphatic rings. The SMILES string of the molecule is O=C(CC1C=CS(=O)(=O)C1)NCCc1nc(-c2cccnc2)n[nH]1. The van der Waals surface area contributed by atoms with Gasteiger partial charge in [-0.25, -0.2) is 13.4 Å². The third-order valence-electron chi connectivity index (χ3n) is 3.59. The molecule has 0 aliphatic carbocycles. The zero-order chi connectivity index (χ0) is 17.0. The van der Waals surface area contributed by atoms with E-state index in [1.54, 1.807) is 18.5 Å². The molecule has 0 radical (unpaired) electrons. The van der Waals surface area contributed by atoms with Gasteiger partial charge in [0.2, 0.25) is 5.91 Å². The Kier molecular flexibility index (Phi) is 4.70. The van der Waals surface area contributed by atoms with Gasteiger partial charge >= 0.3 is 0 Å². The number of nitrogens with one attached hydrogen (secondary N) is 2. The van der Waals surface area contributed by atoms with Crippen molar-refractivity contribution in [2.45, 2.75) is 12.8 Å². The van der Waals surface area contributed by atoms with Crippen LogP contribution in [0.1, 0.15) is 12.2 Å². The van der Waals surface area contributed by atoms with Gasteiger partial charge < -0.3 is 5.32 Å². The number of carbonyl (C=O) groups excluding carboxylic acids is 1. The van der Waals surface area contributed by atoms with Crippen LogP contribution >= 0.6 is 0 Å². The zero-order valence-corrected chi connectivity index (χ0v) is 13.7. The van der Waals surface area contributed by atoms with E-state index in [9.17, 15) is 13.2 Å². The average Bonchev–Trinajstić information content (AvgIpc) is 3.15. The molecule has 1 amide bonds. The van der Waals surface area contributed by atoms with Crippen LogP contribution in [0.15, 0.2) is 36.0 Å². The Balaban J connectivity index is 1.44. The van der Waals surface area contributed by atoms with E-state index in [0.29, 0.717) is 24.6 Å². The second kappa shape index (κ2) is 6.91. The number of carbonyl (C=O) groups is 1. The zero-order valence-electron chi connectivity index (χ0n) is 12.8. The van der Waals surface area contributed by atoms with Gasteiger partial charge in [-0.1, -0.05) is 6.08 Å². The summed E-state index contributed by atoms with van der Waals surface area (Å²) < 4.78 is 22.6. The first-order chi connectivity index (χ1) is 11.5. The number of aromatic nitrogens is 4. The van der Waals surface area contributed by atoms with Crippen molar-refractivity contribution in [1.29, 1.82) is 0 Å². The number of hydrogen-bond acceptors (Lipinski definition) is 6. The Labute approximate surface area is 139 Å². The van der Waals surface area contributed by atoms with E-state index in [0.717, 1.165) is 5.56 Å². The van der Waals surface area contributed by atoms with Crippen molar-refractivity contribution in [2.24, 2.45) is 5.92 Å². The molecule has 0 saturated carbocycles. The number of nitrogens with zero attached hydrogens (tertiary/aromatic N) is 3. The van der Waals surface area contributed by atoms with Crippen LogP contribution in [-0.2, 0) is 21.1 Å². The Hall–Kier alpha value is -2.55. The minimum atomic E-state index is -3.12. The standard InChI is InChI=1S/C15H17N5O3S/c21-14(8-11-4-7-24(22,23)10-11)17-6-3-13-18-15(20-19-13)12-2-1-5-16-9-12/h1-2,4-5,7,9,11H,3,6,8,10H2,(H,17,21)(H,18,19,20). The second-order valence-electron chi connectivity index (χ2n) is 5.57. The second-order valence-corrected chi connectivity index (χ2v) is 7.50. The number of hydrogen-bond donors (Lipinski definition) is 2. The lowest BCUT2D eigenvalue weighted by Gasteiger charge is -2.07. The van der Waals surface area contributed by atoms with Gasteiger partial charge in [0, 0.05) is 48.7 Å². The van der Waals surface area contributed by atoms with Crippen LogP contribution in [0.3, 0.4) is 0 Å². The molecule has 1 atom stereocenters. The maximum absolute atomic E-state index is 11.8. The Morgan fingerprint density at radius 2 is 2.29 bits per heavy atom. The van der Waals surface area contributed by atoms with Crippen LogP contribution in [0.2, 0.25) is 0 Å². The van der Waals surface area contributed by atoms with Crippen LogP contribution in [0.5, 0.6) is 0 Å². The van der Waals surface area contributed by atoms with E-state index in [2.05, 4.69) is 25.5 Å². The number of aromatic amines is 1. The van der Waals surface area contributed by atoms with E-state index >= 15 is 0 Å². The maximum atomic E-state index is 11.8. The molecule has 1 unspecified atom stereocenters. The molecule has 2 N–H and O–H groups in total. The lowest BCUT2D eigenvalue weighted by molar-refractivity contribution is -0.121. The Morgan fingerprint density at radius 3 is 3.00 bits per heavy atom. The maximum Gasteiger partial charge on any atom is 0.220 e. The highest BCUT2D eigenvalue weighted by atomic mass is 32.2. The normalized spacial score (nSPS) is 18.6. The molecule has 0 spiro atoms. The van der Waals surface area contributed by atoms with Crippen molar-refractivity contribution in [2.75, 3.05) is 12.3 Å². The number of H-pyrrole nitrogens is 1. The van der Waals surface area contributed by atoms with Crippen LogP contribution in [0.4, 0.5) is 0 Å². The lowest BCUT2D eigenvalue weighted by Crippen LogP contribution is -2.28. The van der Waals surface area contributed by atoms with Crippen molar-refractivity contribution in [3.63, 3.8) is 0 Å². The molecule has 9 heteroatoms. The van der Waals surface area contributed by atoms with Gasteiger partial charge in [0.15, 0.2) is 15.7 Å². The predicted octanol–water partition coefficient (Wildman–Crippen LogP) is 0.474. The Morgan fingerprint density at radius 1 is 1.42 bits per heavy atom. The summed E-state index contributed by atoms with van der Waals surface area (Å²) in [6.07, 6.45) is 5.62. The number of pyridine rings is 1. The highest BCUT2D eigenvalue weighted by Crippen LogP contribution is 2.18. The molecular formula is C15H17N5O3S. The quantitative estimate of drug-likeness (QED) is 0.784. The fraction of sp³-hybridized carbons (Fsp3) is 0.333. The van der Waals surface area contributed by atoms with Gasteiger partial charge in [-0.3, -0.25) is 14.9 Å². The summed E-state index contributed by atoms with van der Waals surface area (Å²) in [6.45, 7) is 0.406. The number of allylic oxidation sites excluding steroid dienone is 1. The average molecular weight is 347 g/mol. The molecule has 0 saturated heterocycles. The van der Waals surface area contributed by atoms with Crippen molar-refractivity contribution in [3.8, 4) is 11.4 Å². The summed E-state index contributed by atoms with van der Waals surface area (Å²) in [6, 6.07) is 3.67. The first kappa shape index (κ1) is 16.3. The highest BCUT2D eigenvalue weighted by Gasteiger charge is 2.23. The monoisotopic (exact) mass is 347 g/mol. The molecule has 24 heavy (non-hydrogen) atoms. The van der Waals surface area contributed by atoms with Gasteiger partial charge in [-0.05, 0) is 12.1 Å². The Bertz CT molecular complexity index is 845. The summed E-state index contributed by atoms with van der Waals surface area (Å²) in [5.74, 6) is 0.825. The van der Waals surface area contributed by atoms with Crippen LogP contribution in [-0.4, -0.2) is 46.8 Å². The minimum absolute atomic E-state index is 0.0109. The van der Waals surface area contributed by atoms with Crippen LogP contribution < -0.4 is 5.32 Å². The molecule has 2 aromatic heterocycles. The molecule has 2 aromatic rings. The fourth-order valence-corrected chi connectivity index (χ4v) is 3.83. The van der Waals surface area contributed by atoms with Gasteiger partial charge in [-0.15, -0.1) is 0 Å². The summed E-state index contributed by atoms with van der Waals surface area (Å²) in [7, 11) is -3.12. The molecule has 3 rings (SSSR count). The molecule has 0 fully saturated rings. The van der Waals surface area contributed by atoms with Crippen molar-refractivity contribution in [1.82, 2.24) is 25.5 Å². The van der Waals surface area contributed by atoms with Gasteiger partial charge in [0.1, 0.15) is 5.82 Å².